The summed E-state index contributed by atoms with van der Waals surface area (Å²) < 4.78 is 17.7. The molecule has 0 bridgehead atoms. The normalized spacial score (nSPS) is 17.5. The summed E-state index contributed by atoms with van der Waals surface area (Å²) in [6.45, 7) is 4.15. The molecule has 2 N–H and O–H groups in total. The summed E-state index contributed by atoms with van der Waals surface area (Å²) in [5.41, 5.74) is 3.08. The number of esters is 1. The van der Waals surface area contributed by atoms with E-state index in [1.165, 1.54) is 0 Å². The third-order valence-corrected chi connectivity index (χ3v) is 5.39. The molecule has 7 heteroatoms. The van der Waals surface area contributed by atoms with E-state index in [9.17, 15) is 9.35 Å². The maximum atomic E-state index is 12.9. The van der Waals surface area contributed by atoms with Gasteiger partial charge in [-0.15, -0.1) is 0 Å². The Balaban J connectivity index is 2.23. The lowest BCUT2D eigenvalue weighted by Crippen LogP contribution is -2.26. The van der Waals surface area contributed by atoms with Crippen LogP contribution in [0.15, 0.2) is 46.6 Å². The number of benzene rings is 1. The van der Waals surface area contributed by atoms with Gasteiger partial charge in [0.2, 0.25) is 0 Å². The van der Waals surface area contributed by atoms with E-state index in [2.05, 4.69) is 22.4 Å². The quantitative estimate of drug-likeness (QED) is 0.599. The van der Waals surface area contributed by atoms with Crippen molar-refractivity contribution in [2.45, 2.75) is 37.5 Å². The second-order valence-corrected chi connectivity index (χ2v) is 7.45. The molecule has 2 unspecified atom stereocenters. The van der Waals surface area contributed by atoms with E-state index in [1.54, 1.807) is 19.4 Å². The number of H-pyrrole nitrogens is 1. The van der Waals surface area contributed by atoms with Crippen LogP contribution in [-0.2, 0) is 20.7 Å². The highest BCUT2D eigenvalue weighted by Gasteiger charge is 2.37. The first-order valence-corrected chi connectivity index (χ1v) is 10.3. The maximum Gasteiger partial charge on any atom is 0.336 e. The zero-order valence-electron chi connectivity index (χ0n) is 15.2. The van der Waals surface area contributed by atoms with Gasteiger partial charge in [-0.3, -0.25) is 5.10 Å². The number of aromatic nitrogens is 2. The molecule has 0 saturated heterocycles. The molecule has 0 saturated carbocycles. The molecule has 3 rings (SSSR count). The van der Waals surface area contributed by atoms with E-state index in [0.29, 0.717) is 29.3 Å². The molecule has 26 heavy (non-hydrogen) atoms. The van der Waals surface area contributed by atoms with Crippen LogP contribution in [0, 0.1) is 0 Å². The lowest BCUT2D eigenvalue weighted by atomic mass is 9.82. The van der Waals surface area contributed by atoms with Gasteiger partial charge in [0, 0.05) is 23.0 Å². The van der Waals surface area contributed by atoms with Crippen LogP contribution in [0.25, 0.3) is 0 Å². The average Bonchev–Trinajstić information content (AvgIpc) is 3.09. The van der Waals surface area contributed by atoms with E-state index < -0.39 is 11.2 Å². The van der Waals surface area contributed by atoms with Crippen molar-refractivity contribution in [3.63, 3.8) is 0 Å². The number of fused-ring (bicyclic) bond motifs is 1. The lowest BCUT2D eigenvalue weighted by Gasteiger charge is -2.29. The summed E-state index contributed by atoms with van der Waals surface area (Å²) >= 11 is -1.18. The SMILES string of the molecule is CCCC1=C(C(=O)OCC)C(c2ccccc2[S+](C)[O-])c2c[nH]nc2N1. The van der Waals surface area contributed by atoms with Crippen molar-refractivity contribution in [2.24, 2.45) is 0 Å². The number of carbonyl (C=O) groups excluding carboxylic acids is 1. The highest BCUT2D eigenvalue weighted by molar-refractivity contribution is 7.90. The second kappa shape index (κ2) is 7.97. The number of hydrogen-bond donors (Lipinski definition) is 2. The van der Waals surface area contributed by atoms with Crippen LogP contribution in [-0.4, -0.2) is 33.6 Å². The molecule has 1 aromatic heterocycles. The van der Waals surface area contributed by atoms with Crippen molar-refractivity contribution >= 4 is 23.0 Å². The van der Waals surface area contributed by atoms with Gasteiger partial charge in [-0.25, -0.2) is 4.79 Å². The first-order chi connectivity index (χ1) is 12.6. The summed E-state index contributed by atoms with van der Waals surface area (Å²) in [6, 6.07) is 7.52. The second-order valence-electron chi connectivity index (χ2n) is 6.10. The van der Waals surface area contributed by atoms with Crippen molar-refractivity contribution in [1.82, 2.24) is 10.2 Å². The smallest absolute Gasteiger partial charge is 0.336 e. The highest BCUT2D eigenvalue weighted by Crippen LogP contribution is 2.44. The van der Waals surface area contributed by atoms with Crippen LogP contribution >= 0.6 is 0 Å². The lowest BCUT2D eigenvalue weighted by molar-refractivity contribution is -0.138. The molecule has 1 aliphatic heterocycles. The van der Waals surface area contributed by atoms with E-state index in [4.69, 9.17) is 4.74 Å². The van der Waals surface area contributed by atoms with Gasteiger partial charge in [-0.2, -0.15) is 5.10 Å². The number of aromatic amines is 1. The Hall–Kier alpha value is -2.25. The minimum Gasteiger partial charge on any atom is -0.612 e. The highest BCUT2D eigenvalue weighted by atomic mass is 32.2. The molecule has 2 aromatic rings. The van der Waals surface area contributed by atoms with E-state index in [1.807, 2.05) is 24.3 Å². The first kappa shape index (κ1) is 18.5. The summed E-state index contributed by atoms with van der Waals surface area (Å²) in [4.78, 5) is 13.6. The summed E-state index contributed by atoms with van der Waals surface area (Å²) in [6.07, 6.45) is 5.01. The van der Waals surface area contributed by atoms with Crippen molar-refractivity contribution in [3.8, 4) is 0 Å². The third-order valence-electron chi connectivity index (χ3n) is 4.40. The van der Waals surface area contributed by atoms with Crippen LogP contribution < -0.4 is 5.32 Å². The average molecular weight is 373 g/mol. The zero-order valence-corrected chi connectivity index (χ0v) is 16.0. The number of hydrogen-bond acceptors (Lipinski definition) is 5. The number of anilines is 1. The van der Waals surface area contributed by atoms with Gasteiger partial charge in [0.15, 0.2) is 10.7 Å². The Labute approximate surface area is 156 Å². The van der Waals surface area contributed by atoms with Crippen LogP contribution in [0.5, 0.6) is 0 Å². The Morgan fingerprint density at radius 3 is 2.77 bits per heavy atom. The minimum absolute atomic E-state index is 0.300. The van der Waals surface area contributed by atoms with Crippen LogP contribution in [0.4, 0.5) is 5.82 Å². The van der Waals surface area contributed by atoms with E-state index in [0.717, 1.165) is 23.2 Å². The molecule has 0 aliphatic carbocycles. The maximum absolute atomic E-state index is 12.9. The summed E-state index contributed by atoms with van der Waals surface area (Å²) in [5, 5.41) is 10.4. The largest absolute Gasteiger partial charge is 0.612 e. The molecule has 2 atom stereocenters. The Kier molecular flexibility index (Phi) is 5.68. The van der Waals surface area contributed by atoms with Gasteiger partial charge in [0.1, 0.15) is 6.26 Å². The van der Waals surface area contributed by atoms with Gasteiger partial charge in [-0.1, -0.05) is 31.5 Å². The predicted octanol–water partition coefficient (Wildman–Crippen LogP) is 3.32. The molecule has 0 fully saturated rings. The molecular formula is C19H23N3O3S. The summed E-state index contributed by atoms with van der Waals surface area (Å²) in [7, 11) is 0. The van der Waals surface area contributed by atoms with Crippen molar-refractivity contribution in [2.75, 3.05) is 18.2 Å². The van der Waals surface area contributed by atoms with Crippen LogP contribution in [0.1, 0.15) is 43.7 Å². The Bertz CT molecular complexity index is 829. The first-order valence-electron chi connectivity index (χ1n) is 8.71. The fourth-order valence-corrected chi connectivity index (χ4v) is 4.15. The molecular weight excluding hydrogens is 350 g/mol. The number of nitrogens with zero attached hydrogens (tertiary/aromatic N) is 1. The van der Waals surface area contributed by atoms with Gasteiger partial charge < -0.3 is 14.6 Å². The fourth-order valence-electron chi connectivity index (χ4n) is 3.36. The molecule has 0 radical (unpaired) electrons. The standard InChI is InChI=1S/C19H23N3O3S/c1-4-8-14-17(19(23)25-5-2)16(13-11-20-22-18(13)21-14)12-9-6-7-10-15(12)26(3)24/h6-7,9-11,16H,4-5,8H2,1-3H3,(H2,20,21,22). The van der Waals surface area contributed by atoms with Crippen molar-refractivity contribution in [1.29, 1.82) is 0 Å². The van der Waals surface area contributed by atoms with Crippen LogP contribution in [0.3, 0.4) is 0 Å². The third kappa shape index (κ3) is 3.37. The van der Waals surface area contributed by atoms with Gasteiger partial charge in [0.05, 0.1) is 18.1 Å². The molecule has 138 valence electrons. The monoisotopic (exact) mass is 373 g/mol. The fraction of sp³-hybridized carbons (Fsp3) is 0.368. The number of rotatable bonds is 6. The summed E-state index contributed by atoms with van der Waals surface area (Å²) in [5.74, 6) is -0.0223. The van der Waals surface area contributed by atoms with Crippen LogP contribution in [0.2, 0.25) is 0 Å². The number of allylic oxidation sites excluding steroid dienone is 1. The molecule has 1 aliphatic rings. The topological polar surface area (TPSA) is 90.1 Å². The molecule has 2 heterocycles. The van der Waals surface area contributed by atoms with Crippen molar-refractivity contribution < 1.29 is 14.1 Å². The molecule has 6 nitrogen and oxygen atoms in total. The van der Waals surface area contributed by atoms with E-state index in [-0.39, 0.29) is 11.9 Å². The van der Waals surface area contributed by atoms with Gasteiger partial charge in [0.25, 0.3) is 0 Å². The number of nitrogens with one attached hydrogen (secondary N) is 2. The van der Waals surface area contributed by atoms with E-state index >= 15 is 0 Å². The van der Waals surface area contributed by atoms with Gasteiger partial charge in [-0.05, 0) is 30.6 Å². The number of ether oxygens (including phenoxy) is 1. The molecule has 0 spiro atoms. The molecule has 1 aromatic carbocycles. The van der Waals surface area contributed by atoms with Gasteiger partial charge >= 0.3 is 5.97 Å². The minimum atomic E-state index is -1.18. The zero-order chi connectivity index (χ0) is 18.7. The Morgan fingerprint density at radius 1 is 1.31 bits per heavy atom. The predicted molar refractivity (Wildman–Crippen MR) is 101 cm³/mol. The molecule has 0 amide bonds. The Morgan fingerprint density at radius 2 is 2.08 bits per heavy atom. The van der Waals surface area contributed by atoms with Crippen molar-refractivity contribution in [3.05, 3.63) is 52.9 Å². The number of carbonyl (C=O) groups is 1.